The summed E-state index contributed by atoms with van der Waals surface area (Å²) in [6, 6.07) is 14.9. The molecule has 1 fully saturated rings. The molecule has 0 aliphatic carbocycles. The van der Waals surface area contributed by atoms with Gasteiger partial charge in [0.1, 0.15) is 11.9 Å². The van der Waals surface area contributed by atoms with Gasteiger partial charge in [0.25, 0.3) is 0 Å². The number of ether oxygens (including phenoxy) is 2. The number of cyclic esters (lactones) is 1. The van der Waals surface area contributed by atoms with Gasteiger partial charge in [0, 0.05) is 24.2 Å². The molecule has 3 aromatic rings. The Balaban J connectivity index is 1.49. The number of amides is 2. The summed E-state index contributed by atoms with van der Waals surface area (Å²) in [5.41, 5.74) is 1.79. The van der Waals surface area contributed by atoms with Crippen molar-refractivity contribution in [1.82, 2.24) is 9.88 Å². The predicted molar refractivity (Wildman–Crippen MR) is 109 cm³/mol. The first kappa shape index (κ1) is 18.9. The SMILES string of the molecule is COc1cccc([C@H]2OC(=O)N(C(=O)CCc3cncc4ccccc34)[C@H]2C)c1. The Kier molecular flexibility index (Phi) is 5.16. The van der Waals surface area contributed by atoms with Crippen molar-refractivity contribution in [2.45, 2.75) is 31.9 Å². The minimum absolute atomic E-state index is 0.208. The first-order chi connectivity index (χ1) is 14.1. The van der Waals surface area contributed by atoms with E-state index in [2.05, 4.69) is 4.98 Å². The molecule has 6 nitrogen and oxygen atoms in total. The third-order valence-electron chi connectivity index (χ3n) is 5.32. The van der Waals surface area contributed by atoms with Gasteiger partial charge in [-0.2, -0.15) is 0 Å². The zero-order valence-corrected chi connectivity index (χ0v) is 16.4. The van der Waals surface area contributed by atoms with Crippen molar-refractivity contribution >= 4 is 22.8 Å². The summed E-state index contributed by atoms with van der Waals surface area (Å²) >= 11 is 0. The molecule has 1 aromatic heterocycles. The van der Waals surface area contributed by atoms with Gasteiger partial charge in [0.05, 0.1) is 13.2 Å². The molecule has 2 atom stereocenters. The first-order valence-corrected chi connectivity index (χ1v) is 9.56. The van der Waals surface area contributed by atoms with Gasteiger partial charge in [0.2, 0.25) is 5.91 Å². The summed E-state index contributed by atoms with van der Waals surface area (Å²) in [5, 5.41) is 2.10. The molecule has 1 saturated heterocycles. The van der Waals surface area contributed by atoms with Crippen LogP contribution in [0, 0.1) is 0 Å². The smallest absolute Gasteiger partial charge is 0.417 e. The lowest BCUT2D eigenvalue weighted by Crippen LogP contribution is -2.37. The maximum Gasteiger partial charge on any atom is 0.417 e. The largest absolute Gasteiger partial charge is 0.497 e. The van der Waals surface area contributed by atoms with Gasteiger partial charge in [-0.25, -0.2) is 9.69 Å². The normalized spacial score (nSPS) is 18.7. The molecule has 29 heavy (non-hydrogen) atoms. The van der Waals surface area contributed by atoms with Crippen LogP contribution in [0.3, 0.4) is 0 Å². The fourth-order valence-electron chi connectivity index (χ4n) is 3.80. The van der Waals surface area contributed by atoms with Crippen LogP contribution < -0.4 is 4.74 Å². The molecule has 0 saturated carbocycles. The van der Waals surface area contributed by atoms with Crippen molar-refractivity contribution in [3.8, 4) is 5.75 Å². The molecule has 2 amide bonds. The standard InChI is InChI=1S/C23H22N2O4/c1-15-22(16-7-5-8-19(12-16)28-2)29-23(27)25(15)21(26)11-10-18-14-24-13-17-6-3-4-9-20(17)18/h3-9,12-15,22H,10-11H2,1-2H3/t15-,22-/m0/s1. The molecule has 148 valence electrons. The Bertz CT molecular complexity index is 1060. The van der Waals surface area contributed by atoms with Gasteiger partial charge < -0.3 is 9.47 Å². The van der Waals surface area contributed by atoms with Crippen LogP contribution in [0.15, 0.2) is 60.9 Å². The van der Waals surface area contributed by atoms with Crippen LogP contribution >= 0.6 is 0 Å². The molecule has 2 aromatic carbocycles. The molecule has 1 aliphatic heterocycles. The van der Waals surface area contributed by atoms with Crippen LogP contribution in [-0.2, 0) is 16.0 Å². The Labute approximate surface area is 169 Å². The number of nitrogens with zero attached hydrogens (tertiary/aromatic N) is 2. The van der Waals surface area contributed by atoms with Crippen molar-refractivity contribution in [3.05, 3.63) is 72.1 Å². The number of methoxy groups -OCH3 is 1. The Hall–Kier alpha value is -3.41. The third-order valence-corrected chi connectivity index (χ3v) is 5.32. The van der Waals surface area contributed by atoms with E-state index in [9.17, 15) is 9.59 Å². The van der Waals surface area contributed by atoms with Gasteiger partial charge in [0.15, 0.2) is 0 Å². The predicted octanol–water partition coefficient (Wildman–Crippen LogP) is 4.28. The van der Waals surface area contributed by atoms with E-state index >= 15 is 0 Å². The number of carbonyl (C=O) groups is 2. The monoisotopic (exact) mass is 390 g/mol. The first-order valence-electron chi connectivity index (χ1n) is 9.56. The molecule has 0 unspecified atom stereocenters. The number of imide groups is 1. The van der Waals surface area contributed by atoms with Crippen LogP contribution in [0.2, 0.25) is 0 Å². The van der Waals surface area contributed by atoms with Gasteiger partial charge >= 0.3 is 6.09 Å². The second-order valence-corrected chi connectivity index (χ2v) is 7.11. The molecule has 0 bridgehead atoms. The number of benzene rings is 2. The van der Waals surface area contributed by atoms with E-state index in [-0.39, 0.29) is 12.3 Å². The van der Waals surface area contributed by atoms with Gasteiger partial charge in [-0.1, -0.05) is 36.4 Å². The highest BCUT2D eigenvalue weighted by Crippen LogP contribution is 2.34. The number of fused-ring (bicyclic) bond motifs is 1. The number of aromatic nitrogens is 1. The average Bonchev–Trinajstić information content (AvgIpc) is 3.06. The van der Waals surface area contributed by atoms with E-state index in [4.69, 9.17) is 9.47 Å². The fraction of sp³-hybridized carbons (Fsp3) is 0.261. The molecular formula is C23H22N2O4. The number of hydrogen-bond donors (Lipinski definition) is 0. The van der Waals surface area contributed by atoms with Gasteiger partial charge in [-0.3, -0.25) is 9.78 Å². The van der Waals surface area contributed by atoms with Crippen LogP contribution in [0.5, 0.6) is 5.75 Å². The zero-order chi connectivity index (χ0) is 20.4. The van der Waals surface area contributed by atoms with Crippen molar-refractivity contribution in [3.63, 3.8) is 0 Å². The second-order valence-electron chi connectivity index (χ2n) is 7.11. The quantitative estimate of drug-likeness (QED) is 0.650. The van der Waals surface area contributed by atoms with Crippen LogP contribution in [-0.4, -0.2) is 35.0 Å². The summed E-state index contributed by atoms with van der Waals surface area (Å²) in [6.45, 7) is 1.83. The number of hydrogen-bond acceptors (Lipinski definition) is 5. The minimum atomic E-state index is -0.605. The minimum Gasteiger partial charge on any atom is -0.497 e. The van der Waals surface area contributed by atoms with Crippen LogP contribution in [0.1, 0.15) is 30.6 Å². The summed E-state index contributed by atoms with van der Waals surface area (Å²) in [6.07, 6.45) is 3.18. The van der Waals surface area contributed by atoms with Crippen molar-refractivity contribution in [2.24, 2.45) is 0 Å². The van der Waals surface area contributed by atoms with E-state index in [0.717, 1.165) is 21.9 Å². The average molecular weight is 390 g/mol. The molecule has 6 heteroatoms. The second kappa shape index (κ2) is 7.91. The molecular weight excluding hydrogens is 368 g/mol. The third kappa shape index (κ3) is 3.66. The molecule has 2 heterocycles. The van der Waals surface area contributed by atoms with E-state index < -0.39 is 18.2 Å². The Morgan fingerprint density at radius 3 is 2.83 bits per heavy atom. The van der Waals surface area contributed by atoms with E-state index in [0.29, 0.717) is 12.2 Å². The lowest BCUT2D eigenvalue weighted by Gasteiger charge is -2.19. The lowest BCUT2D eigenvalue weighted by molar-refractivity contribution is -0.129. The van der Waals surface area contributed by atoms with Crippen molar-refractivity contribution < 1.29 is 19.1 Å². The summed E-state index contributed by atoms with van der Waals surface area (Å²) in [4.78, 5) is 30.8. The number of carbonyl (C=O) groups excluding carboxylic acids is 2. The van der Waals surface area contributed by atoms with E-state index in [1.807, 2.05) is 55.5 Å². The molecule has 0 N–H and O–H groups in total. The Morgan fingerprint density at radius 1 is 1.17 bits per heavy atom. The van der Waals surface area contributed by atoms with Crippen LogP contribution in [0.25, 0.3) is 10.8 Å². The van der Waals surface area contributed by atoms with E-state index in [1.165, 1.54) is 4.90 Å². The number of aryl methyl sites for hydroxylation is 1. The van der Waals surface area contributed by atoms with Crippen molar-refractivity contribution in [2.75, 3.05) is 7.11 Å². The van der Waals surface area contributed by atoms with Gasteiger partial charge in [-0.15, -0.1) is 0 Å². The topological polar surface area (TPSA) is 68.7 Å². The van der Waals surface area contributed by atoms with E-state index in [1.54, 1.807) is 19.5 Å². The van der Waals surface area contributed by atoms with Crippen molar-refractivity contribution in [1.29, 1.82) is 0 Å². The zero-order valence-electron chi connectivity index (χ0n) is 16.4. The van der Waals surface area contributed by atoms with Crippen LogP contribution in [0.4, 0.5) is 4.79 Å². The maximum absolute atomic E-state index is 12.9. The molecule has 1 aliphatic rings. The number of rotatable bonds is 5. The molecule has 4 rings (SSSR count). The fourth-order valence-corrected chi connectivity index (χ4v) is 3.80. The highest BCUT2D eigenvalue weighted by Gasteiger charge is 2.43. The molecule has 0 spiro atoms. The maximum atomic E-state index is 12.9. The lowest BCUT2D eigenvalue weighted by atomic mass is 10.0. The Morgan fingerprint density at radius 2 is 2.00 bits per heavy atom. The summed E-state index contributed by atoms with van der Waals surface area (Å²) in [7, 11) is 1.58. The van der Waals surface area contributed by atoms with Gasteiger partial charge in [-0.05, 0) is 42.0 Å². The number of pyridine rings is 1. The summed E-state index contributed by atoms with van der Waals surface area (Å²) < 4.78 is 10.8. The highest BCUT2D eigenvalue weighted by molar-refractivity contribution is 5.94. The summed E-state index contributed by atoms with van der Waals surface area (Å²) in [5.74, 6) is 0.430. The highest BCUT2D eigenvalue weighted by atomic mass is 16.6. The molecule has 0 radical (unpaired) electrons.